The van der Waals surface area contributed by atoms with Crippen molar-refractivity contribution in [3.8, 4) is 5.75 Å². The molecule has 0 saturated carbocycles. The first-order valence-electron chi connectivity index (χ1n) is 6.57. The van der Waals surface area contributed by atoms with Crippen LogP contribution in [0.4, 0.5) is 0 Å². The molecule has 0 bridgehead atoms. The van der Waals surface area contributed by atoms with Crippen LogP contribution in [0.15, 0.2) is 46.7 Å². The molecule has 1 aromatic carbocycles. The molecule has 114 valence electrons. The highest BCUT2D eigenvalue weighted by Crippen LogP contribution is 2.20. The van der Waals surface area contributed by atoms with E-state index >= 15 is 0 Å². The van der Waals surface area contributed by atoms with E-state index in [1.165, 1.54) is 11.3 Å². The fourth-order valence-corrected chi connectivity index (χ4v) is 4.19. The summed E-state index contributed by atoms with van der Waals surface area (Å²) in [6, 6.07) is 11.0. The number of benzene rings is 1. The average Bonchev–Trinajstić information content (AvgIpc) is 2.97. The minimum atomic E-state index is -3.48. The number of hydrogen-bond acceptors (Lipinski definition) is 5. The third-order valence-corrected chi connectivity index (χ3v) is 5.42. The Balaban J connectivity index is 1.78. The Morgan fingerprint density at radius 1 is 1.19 bits per heavy atom. The third kappa shape index (κ3) is 4.53. The maximum absolute atomic E-state index is 12.1. The first kappa shape index (κ1) is 16.0. The van der Waals surface area contributed by atoms with Gasteiger partial charge in [0.15, 0.2) is 0 Å². The van der Waals surface area contributed by atoms with E-state index in [-0.39, 0.29) is 11.4 Å². The number of hydrogen-bond donors (Lipinski definition) is 2. The van der Waals surface area contributed by atoms with Crippen molar-refractivity contribution in [2.75, 3.05) is 13.2 Å². The molecule has 0 amide bonds. The molecule has 0 saturated heterocycles. The molecule has 21 heavy (non-hydrogen) atoms. The molecule has 2 aromatic rings. The van der Waals surface area contributed by atoms with Crippen molar-refractivity contribution in [3.63, 3.8) is 0 Å². The summed E-state index contributed by atoms with van der Waals surface area (Å²) in [7, 11) is -3.48. The summed E-state index contributed by atoms with van der Waals surface area (Å²) in [6.07, 6.45) is 0.593. The van der Waals surface area contributed by atoms with E-state index in [1.807, 2.05) is 30.3 Å². The highest BCUT2D eigenvalue weighted by molar-refractivity contribution is 7.89. The Morgan fingerprint density at radius 2 is 1.95 bits per heavy atom. The summed E-state index contributed by atoms with van der Waals surface area (Å²) in [5.41, 5.74) is 5.53. The normalized spacial score (nSPS) is 11.5. The number of ether oxygens (including phenoxy) is 1. The second kappa shape index (κ2) is 7.56. The molecule has 0 aliphatic heterocycles. The topological polar surface area (TPSA) is 81.4 Å². The van der Waals surface area contributed by atoms with Crippen LogP contribution in [0.1, 0.15) is 11.3 Å². The number of para-hydroxylation sites is 1. The van der Waals surface area contributed by atoms with Crippen LogP contribution in [0, 0.1) is 0 Å². The maximum atomic E-state index is 12.1. The van der Waals surface area contributed by atoms with Gasteiger partial charge in [0.2, 0.25) is 10.0 Å². The molecule has 3 N–H and O–H groups in total. The minimum absolute atomic E-state index is 0.227. The summed E-state index contributed by atoms with van der Waals surface area (Å²) in [5, 5.41) is 1.73. The van der Waals surface area contributed by atoms with Gasteiger partial charge in [-0.15, -0.1) is 11.3 Å². The van der Waals surface area contributed by atoms with E-state index < -0.39 is 10.0 Å². The lowest BCUT2D eigenvalue weighted by molar-refractivity contribution is 0.311. The van der Waals surface area contributed by atoms with Gasteiger partial charge < -0.3 is 10.5 Å². The van der Waals surface area contributed by atoms with Crippen LogP contribution in [0.2, 0.25) is 0 Å². The molecule has 0 spiro atoms. The molecule has 0 atom stereocenters. The molecule has 0 aliphatic carbocycles. The quantitative estimate of drug-likeness (QED) is 0.727. The zero-order chi connectivity index (χ0) is 15.1. The van der Waals surface area contributed by atoms with E-state index in [9.17, 15) is 8.42 Å². The number of nitrogens with one attached hydrogen (secondary N) is 1. The van der Waals surface area contributed by atoms with Gasteiger partial charge in [0.25, 0.3) is 0 Å². The lowest BCUT2D eigenvalue weighted by Crippen LogP contribution is -2.26. The van der Waals surface area contributed by atoms with Gasteiger partial charge in [0.1, 0.15) is 5.75 Å². The largest absolute Gasteiger partial charge is 0.494 e. The standard InChI is InChI=1S/C14H18N2O3S2/c15-11-13-14(7-10-20-13)21(17,18)16-8-4-9-19-12-5-2-1-3-6-12/h1-3,5-7,10,16H,4,8-9,11,15H2. The number of rotatable bonds is 8. The fourth-order valence-electron chi connectivity index (χ4n) is 1.78. The molecule has 0 radical (unpaired) electrons. The summed E-state index contributed by atoms with van der Waals surface area (Å²) < 4.78 is 32.3. The zero-order valence-corrected chi connectivity index (χ0v) is 13.1. The number of thiophene rings is 1. The fraction of sp³-hybridized carbons (Fsp3) is 0.286. The van der Waals surface area contributed by atoms with Gasteiger partial charge in [0.05, 0.1) is 11.5 Å². The van der Waals surface area contributed by atoms with Crippen molar-refractivity contribution in [2.24, 2.45) is 5.73 Å². The second-order valence-electron chi connectivity index (χ2n) is 4.32. The molecule has 7 heteroatoms. The number of nitrogens with two attached hydrogens (primary N) is 1. The van der Waals surface area contributed by atoms with Gasteiger partial charge in [0, 0.05) is 18.0 Å². The average molecular weight is 326 g/mol. The van der Waals surface area contributed by atoms with Gasteiger partial charge in [-0.3, -0.25) is 0 Å². The Bertz CT molecular complexity index is 654. The van der Waals surface area contributed by atoms with Crippen LogP contribution < -0.4 is 15.2 Å². The second-order valence-corrected chi connectivity index (χ2v) is 7.06. The molecular formula is C14H18N2O3S2. The van der Waals surface area contributed by atoms with Crippen molar-refractivity contribution in [1.29, 1.82) is 0 Å². The summed E-state index contributed by atoms with van der Waals surface area (Å²) >= 11 is 1.35. The van der Waals surface area contributed by atoms with Gasteiger partial charge >= 0.3 is 0 Å². The lowest BCUT2D eigenvalue weighted by atomic mass is 10.3. The predicted octanol–water partition coefficient (Wildman–Crippen LogP) is 1.95. The van der Waals surface area contributed by atoms with Crippen LogP contribution in [0.25, 0.3) is 0 Å². The highest BCUT2D eigenvalue weighted by Gasteiger charge is 2.18. The summed E-state index contributed by atoms with van der Waals surface area (Å²) in [4.78, 5) is 0.946. The SMILES string of the molecule is NCc1sccc1S(=O)(=O)NCCCOc1ccccc1. The lowest BCUT2D eigenvalue weighted by Gasteiger charge is -2.08. The van der Waals surface area contributed by atoms with Crippen LogP contribution >= 0.6 is 11.3 Å². The van der Waals surface area contributed by atoms with Gasteiger partial charge in [-0.1, -0.05) is 18.2 Å². The molecule has 0 aliphatic rings. The van der Waals surface area contributed by atoms with E-state index in [0.717, 1.165) is 5.75 Å². The van der Waals surface area contributed by atoms with Gasteiger partial charge in [-0.05, 0) is 30.0 Å². The van der Waals surface area contributed by atoms with Crippen molar-refractivity contribution in [2.45, 2.75) is 17.9 Å². The van der Waals surface area contributed by atoms with Crippen molar-refractivity contribution in [3.05, 3.63) is 46.7 Å². The van der Waals surface area contributed by atoms with Crippen LogP contribution in [0.3, 0.4) is 0 Å². The van der Waals surface area contributed by atoms with Crippen LogP contribution in [0.5, 0.6) is 5.75 Å². The smallest absolute Gasteiger partial charge is 0.241 e. The Hall–Kier alpha value is -1.41. The highest BCUT2D eigenvalue weighted by atomic mass is 32.2. The number of sulfonamides is 1. The molecule has 1 heterocycles. The molecule has 0 unspecified atom stereocenters. The Morgan fingerprint density at radius 3 is 2.67 bits per heavy atom. The van der Waals surface area contributed by atoms with Crippen molar-refractivity contribution in [1.82, 2.24) is 4.72 Å². The van der Waals surface area contributed by atoms with E-state index in [2.05, 4.69) is 4.72 Å². The Kier molecular flexibility index (Phi) is 5.75. The van der Waals surface area contributed by atoms with Gasteiger partial charge in [-0.2, -0.15) is 0 Å². The van der Waals surface area contributed by atoms with E-state index in [1.54, 1.807) is 11.4 Å². The van der Waals surface area contributed by atoms with E-state index in [4.69, 9.17) is 10.5 Å². The van der Waals surface area contributed by atoms with E-state index in [0.29, 0.717) is 24.4 Å². The predicted molar refractivity (Wildman–Crippen MR) is 84.0 cm³/mol. The molecule has 0 fully saturated rings. The molecule has 1 aromatic heterocycles. The monoisotopic (exact) mass is 326 g/mol. The maximum Gasteiger partial charge on any atom is 0.241 e. The van der Waals surface area contributed by atoms with Crippen LogP contribution in [-0.2, 0) is 16.6 Å². The Labute approximate surface area is 128 Å². The molecule has 5 nitrogen and oxygen atoms in total. The molecular weight excluding hydrogens is 308 g/mol. The summed E-state index contributed by atoms with van der Waals surface area (Å²) in [5.74, 6) is 0.781. The van der Waals surface area contributed by atoms with Crippen LogP contribution in [-0.4, -0.2) is 21.6 Å². The minimum Gasteiger partial charge on any atom is -0.494 e. The van der Waals surface area contributed by atoms with Crippen molar-refractivity contribution < 1.29 is 13.2 Å². The zero-order valence-electron chi connectivity index (χ0n) is 11.5. The third-order valence-electron chi connectivity index (χ3n) is 2.80. The van der Waals surface area contributed by atoms with Crippen molar-refractivity contribution >= 4 is 21.4 Å². The first-order chi connectivity index (χ1) is 10.1. The molecule has 2 rings (SSSR count). The first-order valence-corrected chi connectivity index (χ1v) is 8.94. The van der Waals surface area contributed by atoms with Gasteiger partial charge in [-0.25, -0.2) is 13.1 Å². The summed E-state index contributed by atoms with van der Waals surface area (Å²) in [6.45, 7) is 1.01.